The van der Waals surface area contributed by atoms with Gasteiger partial charge in [0.2, 0.25) is 0 Å². The summed E-state index contributed by atoms with van der Waals surface area (Å²) in [6.07, 6.45) is 0.383. The lowest BCUT2D eigenvalue weighted by Crippen LogP contribution is -2.44. The average Bonchev–Trinajstić information content (AvgIpc) is 2.27. The van der Waals surface area contributed by atoms with Crippen molar-refractivity contribution in [3.8, 4) is 0 Å². The summed E-state index contributed by atoms with van der Waals surface area (Å²) in [4.78, 5) is 0. The minimum atomic E-state index is -1.31. The molecule has 1 aliphatic rings. The number of aliphatic hydroxyl groups is 1. The van der Waals surface area contributed by atoms with Crippen LogP contribution in [0, 0.1) is 19.7 Å². The van der Waals surface area contributed by atoms with Gasteiger partial charge in [-0.2, -0.15) is 0 Å². The molecule has 1 atom stereocenters. The zero-order valence-corrected chi connectivity index (χ0v) is 12.6. The van der Waals surface area contributed by atoms with Crippen LogP contribution in [-0.4, -0.2) is 16.3 Å². The fourth-order valence-corrected chi connectivity index (χ4v) is 3.47. The van der Waals surface area contributed by atoms with Crippen LogP contribution >= 0.6 is 0 Å². The molecule has 1 aromatic rings. The first-order chi connectivity index (χ1) is 8.48. The van der Waals surface area contributed by atoms with Gasteiger partial charge in [-0.05, 0) is 58.7 Å². The molecule has 3 heteroatoms. The van der Waals surface area contributed by atoms with Crippen LogP contribution in [0.3, 0.4) is 0 Å². The molecule has 1 unspecified atom stereocenters. The second-order valence-corrected chi connectivity index (χ2v) is 6.85. The topological polar surface area (TPSA) is 29.5 Å². The average molecular weight is 266 g/mol. The monoisotopic (exact) mass is 266 g/mol. The van der Waals surface area contributed by atoms with E-state index in [9.17, 15) is 9.50 Å². The summed E-state index contributed by atoms with van der Waals surface area (Å²) in [6.45, 7) is 11.2. The summed E-state index contributed by atoms with van der Waals surface area (Å²) in [6, 6.07) is 3.37. The molecular weight excluding hydrogens is 243 g/mol. The van der Waals surface area contributed by atoms with Crippen molar-refractivity contribution in [1.29, 1.82) is 0 Å². The SMILES string of the molecule is Cc1cc(C)c(C2(O)CC(C)(C)OC2(C)C)c(F)c1. The number of halogens is 1. The molecule has 1 fully saturated rings. The van der Waals surface area contributed by atoms with Crippen molar-refractivity contribution < 1.29 is 14.2 Å². The quantitative estimate of drug-likeness (QED) is 0.841. The van der Waals surface area contributed by atoms with Crippen molar-refractivity contribution in [3.63, 3.8) is 0 Å². The number of benzene rings is 1. The number of hydrogen-bond donors (Lipinski definition) is 1. The van der Waals surface area contributed by atoms with Gasteiger partial charge in [0.05, 0.1) is 11.2 Å². The number of rotatable bonds is 1. The maximum Gasteiger partial charge on any atom is 0.129 e. The van der Waals surface area contributed by atoms with E-state index in [4.69, 9.17) is 4.74 Å². The van der Waals surface area contributed by atoms with Crippen LogP contribution in [0.4, 0.5) is 4.39 Å². The first-order valence-electron chi connectivity index (χ1n) is 6.68. The minimum Gasteiger partial charge on any atom is -0.382 e. The lowest BCUT2D eigenvalue weighted by molar-refractivity contribution is -0.131. The smallest absolute Gasteiger partial charge is 0.129 e. The predicted molar refractivity (Wildman–Crippen MR) is 73.6 cm³/mol. The molecule has 0 aliphatic carbocycles. The van der Waals surface area contributed by atoms with Crippen LogP contribution in [0.2, 0.25) is 0 Å². The molecule has 19 heavy (non-hydrogen) atoms. The van der Waals surface area contributed by atoms with Crippen LogP contribution in [-0.2, 0) is 10.3 Å². The molecule has 0 aromatic heterocycles. The summed E-state index contributed by atoms with van der Waals surface area (Å²) in [7, 11) is 0. The highest BCUT2D eigenvalue weighted by Crippen LogP contribution is 2.52. The van der Waals surface area contributed by atoms with E-state index in [1.54, 1.807) is 0 Å². The first-order valence-corrected chi connectivity index (χ1v) is 6.68. The van der Waals surface area contributed by atoms with Crippen molar-refractivity contribution in [2.45, 2.75) is 64.8 Å². The zero-order chi connectivity index (χ0) is 14.6. The molecule has 1 heterocycles. The third-order valence-electron chi connectivity index (χ3n) is 4.05. The Morgan fingerprint density at radius 2 is 1.74 bits per heavy atom. The normalized spacial score (nSPS) is 28.6. The van der Waals surface area contributed by atoms with E-state index in [0.717, 1.165) is 11.1 Å². The van der Waals surface area contributed by atoms with E-state index in [2.05, 4.69) is 0 Å². The number of hydrogen-bond acceptors (Lipinski definition) is 2. The standard InChI is InChI=1S/C16H23FO2/c1-10-7-11(2)13(12(17)8-10)16(18)9-14(3,4)19-15(16,5)6/h7-8,18H,9H2,1-6H3. The highest BCUT2D eigenvalue weighted by molar-refractivity contribution is 5.39. The van der Waals surface area contributed by atoms with Gasteiger partial charge in [0.15, 0.2) is 0 Å². The molecule has 0 amide bonds. The zero-order valence-electron chi connectivity index (χ0n) is 12.6. The van der Waals surface area contributed by atoms with Gasteiger partial charge in [0.25, 0.3) is 0 Å². The maximum absolute atomic E-state index is 14.4. The molecule has 0 saturated carbocycles. The Hall–Kier alpha value is -0.930. The minimum absolute atomic E-state index is 0.352. The van der Waals surface area contributed by atoms with Crippen molar-refractivity contribution in [3.05, 3.63) is 34.6 Å². The Bertz CT molecular complexity index is 496. The third kappa shape index (κ3) is 2.19. The molecular formula is C16H23FO2. The van der Waals surface area contributed by atoms with Gasteiger partial charge >= 0.3 is 0 Å². The lowest BCUT2D eigenvalue weighted by atomic mass is 9.75. The summed E-state index contributed by atoms with van der Waals surface area (Å²) in [5.41, 5.74) is -0.598. The Balaban J connectivity index is 2.64. The fourth-order valence-electron chi connectivity index (χ4n) is 3.47. The van der Waals surface area contributed by atoms with Crippen LogP contribution in [0.25, 0.3) is 0 Å². The highest BCUT2D eigenvalue weighted by atomic mass is 19.1. The first kappa shape index (κ1) is 14.5. The summed E-state index contributed by atoms with van der Waals surface area (Å²) in [5.74, 6) is -0.352. The Labute approximate surface area is 114 Å². The number of ether oxygens (including phenoxy) is 1. The van der Waals surface area contributed by atoms with Gasteiger partial charge < -0.3 is 9.84 Å². The van der Waals surface area contributed by atoms with E-state index in [1.165, 1.54) is 6.07 Å². The van der Waals surface area contributed by atoms with Crippen LogP contribution < -0.4 is 0 Å². The summed E-state index contributed by atoms with van der Waals surface area (Å²) in [5, 5.41) is 11.1. The summed E-state index contributed by atoms with van der Waals surface area (Å²) >= 11 is 0. The van der Waals surface area contributed by atoms with Crippen LogP contribution in [0.1, 0.15) is 50.8 Å². The third-order valence-corrected chi connectivity index (χ3v) is 4.05. The molecule has 1 aliphatic heterocycles. The predicted octanol–water partition coefficient (Wildman–Crippen LogP) is 3.61. The largest absolute Gasteiger partial charge is 0.382 e. The van der Waals surface area contributed by atoms with Gasteiger partial charge in [-0.1, -0.05) is 6.07 Å². The van der Waals surface area contributed by atoms with E-state index in [-0.39, 0.29) is 5.82 Å². The molecule has 0 spiro atoms. The van der Waals surface area contributed by atoms with Gasteiger partial charge in [-0.25, -0.2) is 4.39 Å². The van der Waals surface area contributed by atoms with Crippen molar-refractivity contribution >= 4 is 0 Å². The van der Waals surface area contributed by atoms with Crippen molar-refractivity contribution in [2.24, 2.45) is 0 Å². The number of aryl methyl sites for hydroxylation is 2. The molecule has 2 rings (SSSR count). The molecule has 1 saturated heterocycles. The van der Waals surface area contributed by atoms with Gasteiger partial charge in [0, 0.05) is 12.0 Å². The van der Waals surface area contributed by atoms with Gasteiger partial charge in [-0.15, -0.1) is 0 Å². The molecule has 106 valence electrons. The van der Waals surface area contributed by atoms with Crippen molar-refractivity contribution in [2.75, 3.05) is 0 Å². The Morgan fingerprint density at radius 1 is 1.16 bits per heavy atom. The van der Waals surface area contributed by atoms with Crippen LogP contribution in [0.15, 0.2) is 12.1 Å². The highest BCUT2D eigenvalue weighted by Gasteiger charge is 2.58. The lowest BCUT2D eigenvalue weighted by Gasteiger charge is -2.36. The maximum atomic E-state index is 14.4. The fraction of sp³-hybridized carbons (Fsp3) is 0.625. The van der Waals surface area contributed by atoms with Gasteiger partial charge in [0.1, 0.15) is 11.4 Å². The Kier molecular flexibility index (Phi) is 3.07. The van der Waals surface area contributed by atoms with E-state index in [1.807, 2.05) is 47.6 Å². The summed E-state index contributed by atoms with van der Waals surface area (Å²) < 4.78 is 20.3. The molecule has 1 aromatic carbocycles. The van der Waals surface area contributed by atoms with E-state index in [0.29, 0.717) is 12.0 Å². The van der Waals surface area contributed by atoms with Crippen LogP contribution in [0.5, 0.6) is 0 Å². The van der Waals surface area contributed by atoms with E-state index < -0.39 is 16.8 Å². The molecule has 1 N–H and O–H groups in total. The molecule has 0 radical (unpaired) electrons. The van der Waals surface area contributed by atoms with E-state index >= 15 is 0 Å². The Morgan fingerprint density at radius 3 is 2.16 bits per heavy atom. The second kappa shape index (κ2) is 4.03. The molecule has 2 nitrogen and oxygen atoms in total. The molecule has 0 bridgehead atoms. The van der Waals surface area contributed by atoms with Crippen molar-refractivity contribution in [1.82, 2.24) is 0 Å². The van der Waals surface area contributed by atoms with Gasteiger partial charge in [-0.3, -0.25) is 0 Å². The second-order valence-electron chi connectivity index (χ2n) is 6.85.